The van der Waals surface area contributed by atoms with Crippen molar-refractivity contribution >= 4 is 5.97 Å². The second kappa shape index (κ2) is 25.8. The van der Waals surface area contributed by atoms with Gasteiger partial charge < -0.3 is 10.2 Å². The Kier molecular flexibility index (Phi) is 25.1. The van der Waals surface area contributed by atoms with Crippen LogP contribution in [0.3, 0.4) is 0 Å². The standard InChI is InChI=1S/C30H58O3/c1-3-5-7-9-11-13-15-17-19-21-23-28(25-26-29(31)27-30(32)33)24-22-20-18-16-14-12-10-8-6-4-2/h17,19,28-29,31H,3-16,18,20-27H2,1-2H3,(H,32,33)/b19-17-. The molecule has 3 heteroatoms. The van der Waals surface area contributed by atoms with Gasteiger partial charge in [0.25, 0.3) is 0 Å². The Morgan fingerprint density at radius 3 is 1.64 bits per heavy atom. The Bertz CT molecular complexity index is 432. The van der Waals surface area contributed by atoms with E-state index in [-0.39, 0.29) is 6.42 Å². The topological polar surface area (TPSA) is 57.5 Å². The number of rotatable bonds is 26. The number of aliphatic hydroxyl groups excluding tert-OH is 1. The van der Waals surface area contributed by atoms with Crippen molar-refractivity contribution < 1.29 is 15.0 Å². The minimum atomic E-state index is -0.897. The van der Waals surface area contributed by atoms with E-state index in [9.17, 15) is 9.90 Å². The van der Waals surface area contributed by atoms with Gasteiger partial charge in [-0.3, -0.25) is 4.79 Å². The van der Waals surface area contributed by atoms with E-state index in [0.717, 1.165) is 12.8 Å². The van der Waals surface area contributed by atoms with Gasteiger partial charge in [0.2, 0.25) is 0 Å². The van der Waals surface area contributed by atoms with Crippen molar-refractivity contribution in [3.63, 3.8) is 0 Å². The van der Waals surface area contributed by atoms with Crippen molar-refractivity contribution in [3.8, 4) is 0 Å². The summed E-state index contributed by atoms with van der Waals surface area (Å²) in [6, 6.07) is 0. The van der Waals surface area contributed by atoms with E-state index >= 15 is 0 Å². The molecule has 0 aliphatic rings. The average molecular weight is 467 g/mol. The summed E-state index contributed by atoms with van der Waals surface area (Å²) in [4.78, 5) is 10.8. The van der Waals surface area contributed by atoms with Crippen LogP contribution in [0.4, 0.5) is 0 Å². The molecule has 2 N–H and O–H groups in total. The average Bonchev–Trinajstić information content (AvgIpc) is 2.78. The molecule has 0 bridgehead atoms. The third-order valence-electron chi connectivity index (χ3n) is 6.92. The minimum absolute atomic E-state index is 0.122. The van der Waals surface area contributed by atoms with Gasteiger partial charge in [0.1, 0.15) is 0 Å². The molecule has 196 valence electrons. The summed E-state index contributed by atoms with van der Waals surface area (Å²) in [5.41, 5.74) is 0. The first kappa shape index (κ1) is 32.2. The maximum absolute atomic E-state index is 10.8. The van der Waals surface area contributed by atoms with Crippen molar-refractivity contribution in [2.45, 2.75) is 168 Å². The summed E-state index contributed by atoms with van der Waals surface area (Å²) in [7, 11) is 0. The molecular weight excluding hydrogens is 408 g/mol. The predicted molar refractivity (Wildman–Crippen MR) is 144 cm³/mol. The van der Waals surface area contributed by atoms with Crippen LogP contribution in [-0.4, -0.2) is 22.3 Å². The molecule has 0 rings (SSSR count). The van der Waals surface area contributed by atoms with E-state index in [4.69, 9.17) is 5.11 Å². The Morgan fingerprint density at radius 1 is 0.606 bits per heavy atom. The highest BCUT2D eigenvalue weighted by atomic mass is 16.4. The summed E-state index contributed by atoms with van der Waals surface area (Å²) >= 11 is 0. The number of carboxylic acid groups (broad SMARTS) is 1. The maximum Gasteiger partial charge on any atom is 0.305 e. The second-order valence-electron chi connectivity index (χ2n) is 10.3. The number of hydrogen-bond donors (Lipinski definition) is 2. The number of hydrogen-bond acceptors (Lipinski definition) is 2. The third-order valence-corrected chi connectivity index (χ3v) is 6.92. The van der Waals surface area contributed by atoms with Crippen molar-refractivity contribution in [3.05, 3.63) is 12.2 Å². The largest absolute Gasteiger partial charge is 0.481 e. The molecule has 0 saturated heterocycles. The van der Waals surface area contributed by atoms with E-state index in [2.05, 4.69) is 26.0 Å². The summed E-state index contributed by atoms with van der Waals surface area (Å²) in [5.74, 6) is -0.285. The van der Waals surface area contributed by atoms with E-state index < -0.39 is 12.1 Å². The zero-order valence-electron chi connectivity index (χ0n) is 22.4. The van der Waals surface area contributed by atoms with Crippen molar-refractivity contribution in [2.75, 3.05) is 0 Å². The van der Waals surface area contributed by atoms with Crippen molar-refractivity contribution in [1.82, 2.24) is 0 Å². The molecule has 0 saturated carbocycles. The van der Waals surface area contributed by atoms with Crippen LogP contribution in [0, 0.1) is 5.92 Å². The quantitative estimate of drug-likeness (QED) is 0.0985. The molecule has 0 aromatic rings. The SMILES string of the molecule is CCCCCCCC/C=C\CCC(CCCCCCCCCCCC)CCC(O)CC(=O)O. The lowest BCUT2D eigenvalue weighted by molar-refractivity contribution is -0.139. The Labute approximate surface area is 206 Å². The number of carbonyl (C=O) groups is 1. The van der Waals surface area contributed by atoms with E-state index in [0.29, 0.717) is 12.3 Å². The van der Waals surface area contributed by atoms with Gasteiger partial charge in [-0.15, -0.1) is 0 Å². The van der Waals surface area contributed by atoms with Gasteiger partial charge in [0.15, 0.2) is 0 Å². The van der Waals surface area contributed by atoms with Gasteiger partial charge in [-0.2, -0.15) is 0 Å². The number of allylic oxidation sites excluding steroid dienone is 2. The van der Waals surface area contributed by atoms with Gasteiger partial charge in [-0.05, 0) is 44.4 Å². The molecule has 3 nitrogen and oxygen atoms in total. The molecule has 0 fully saturated rings. The van der Waals surface area contributed by atoms with Gasteiger partial charge >= 0.3 is 5.97 Å². The molecule has 2 unspecified atom stereocenters. The van der Waals surface area contributed by atoms with Crippen molar-refractivity contribution in [1.29, 1.82) is 0 Å². The Balaban J connectivity index is 4.01. The minimum Gasteiger partial charge on any atom is -0.481 e. The number of aliphatic carboxylic acids is 1. The zero-order chi connectivity index (χ0) is 24.4. The molecule has 33 heavy (non-hydrogen) atoms. The Morgan fingerprint density at radius 2 is 1.09 bits per heavy atom. The van der Waals surface area contributed by atoms with Crippen LogP contribution in [0.1, 0.15) is 162 Å². The van der Waals surface area contributed by atoms with Gasteiger partial charge in [0, 0.05) is 0 Å². The molecule has 0 amide bonds. The summed E-state index contributed by atoms with van der Waals surface area (Å²) in [6.45, 7) is 4.53. The van der Waals surface area contributed by atoms with Crippen LogP contribution in [0.5, 0.6) is 0 Å². The molecule has 0 heterocycles. The molecule has 0 aliphatic heterocycles. The molecule has 0 aliphatic carbocycles. The third kappa shape index (κ3) is 25.6. The lowest BCUT2D eigenvalue weighted by atomic mass is 9.90. The first-order valence-electron chi connectivity index (χ1n) is 14.6. The van der Waals surface area contributed by atoms with Crippen LogP contribution in [0.25, 0.3) is 0 Å². The van der Waals surface area contributed by atoms with Gasteiger partial charge in [-0.25, -0.2) is 0 Å². The first-order valence-corrected chi connectivity index (χ1v) is 14.6. The van der Waals surface area contributed by atoms with Crippen LogP contribution in [-0.2, 0) is 4.79 Å². The van der Waals surface area contributed by atoms with Crippen LogP contribution in [0.2, 0.25) is 0 Å². The molecule has 0 radical (unpaired) electrons. The van der Waals surface area contributed by atoms with Gasteiger partial charge in [0.05, 0.1) is 12.5 Å². The smallest absolute Gasteiger partial charge is 0.305 e. The normalized spacial score (nSPS) is 13.5. The molecule has 0 spiro atoms. The Hall–Kier alpha value is -0.830. The van der Waals surface area contributed by atoms with E-state index in [1.807, 2.05) is 0 Å². The fraction of sp³-hybridized carbons (Fsp3) is 0.900. The fourth-order valence-electron chi connectivity index (χ4n) is 4.70. The zero-order valence-corrected chi connectivity index (χ0v) is 22.4. The lowest BCUT2D eigenvalue weighted by Gasteiger charge is -2.18. The highest BCUT2D eigenvalue weighted by Gasteiger charge is 2.14. The van der Waals surface area contributed by atoms with E-state index in [1.54, 1.807) is 0 Å². The van der Waals surface area contributed by atoms with Crippen LogP contribution >= 0.6 is 0 Å². The molecule has 2 atom stereocenters. The monoisotopic (exact) mass is 466 g/mol. The van der Waals surface area contributed by atoms with Crippen molar-refractivity contribution in [2.24, 2.45) is 5.92 Å². The second-order valence-corrected chi connectivity index (χ2v) is 10.3. The summed E-state index contributed by atoms with van der Waals surface area (Å²) in [5, 5.41) is 18.9. The van der Waals surface area contributed by atoms with Crippen LogP contribution < -0.4 is 0 Å². The predicted octanol–water partition coefficient (Wildman–Crippen LogP) is 9.62. The number of aliphatic hydroxyl groups is 1. The fourth-order valence-corrected chi connectivity index (χ4v) is 4.70. The number of carboxylic acids is 1. The van der Waals surface area contributed by atoms with E-state index in [1.165, 1.54) is 122 Å². The first-order chi connectivity index (χ1) is 16.1. The van der Waals surface area contributed by atoms with Crippen LogP contribution in [0.15, 0.2) is 12.2 Å². The summed E-state index contributed by atoms with van der Waals surface area (Å²) in [6.07, 6.45) is 31.9. The molecule has 0 aromatic heterocycles. The highest BCUT2D eigenvalue weighted by Crippen LogP contribution is 2.23. The maximum atomic E-state index is 10.8. The lowest BCUT2D eigenvalue weighted by Crippen LogP contribution is -2.14. The summed E-state index contributed by atoms with van der Waals surface area (Å²) < 4.78 is 0. The molecular formula is C30H58O3. The number of unbranched alkanes of at least 4 members (excludes halogenated alkanes) is 15. The highest BCUT2D eigenvalue weighted by molar-refractivity contribution is 5.67. The van der Waals surface area contributed by atoms with Gasteiger partial charge in [-0.1, -0.05) is 129 Å². The molecule has 0 aromatic carbocycles.